The van der Waals surface area contributed by atoms with Crippen molar-refractivity contribution >= 4 is 28.1 Å². The summed E-state index contributed by atoms with van der Waals surface area (Å²) in [6.07, 6.45) is -0.962. The van der Waals surface area contributed by atoms with Crippen LogP contribution < -0.4 is 11.1 Å². The number of aromatic nitrogens is 1. The number of carbonyl (C=O) groups excluding carboxylic acids is 1. The van der Waals surface area contributed by atoms with Gasteiger partial charge in [-0.25, -0.2) is 13.8 Å². The van der Waals surface area contributed by atoms with Gasteiger partial charge < -0.3 is 26.4 Å². The molecular formula is C23H25F2N3O4S. The minimum Gasteiger partial charge on any atom is -0.393 e. The van der Waals surface area contributed by atoms with Gasteiger partial charge in [0, 0.05) is 4.88 Å². The van der Waals surface area contributed by atoms with Gasteiger partial charge in [0.05, 0.1) is 35.6 Å². The second kappa shape index (κ2) is 10.3. The number of aliphatic hydroxyl groups is 3. The molecule has 0 saturated carbocycles. The van der Waals surface area contributed by atoms with Gasteiger partial charge in [-0.2, -0.15) is 0 Å². The Labute approximate surface area is 193 Å². The van der Waals surface area contributed by atoms with Crippen LogP contribution in [-0.4, -0.2) is 38.4 Å². The summed E-state index contributed by atoms with van der Waals surface area (Å²) >= 11 is 0.928. The highest BCUT2D eigenvalue weighted by molar-refractivity contribution is 7.20. The highest BCUT2D eigenvalue weighted by Crippen LogP contribution is 2.39. The lowest BCUT2D eigenvalue weighted by molar-refractivity contribution is 0.100. The van der Waals surface area contributed by atoms with Crippen molar-refractivity contribution in [2.24, 2.45) is 5.73 Å². The number of hydrogen-bond acceptors (Lipinski definition) is 7. The number of hydrogen-bond donors (Lipinski definition) is 5. The lowest BCUT2D eigenvalue weighted by Gasteiger charge is -2.12. The Morgan fingerprint density at radius 1 is 1.12 bits per heavy atom. The molecule has 2 unspecified atom stereocenters. The minimum absolute atomic E-state index is 0.0299. The number of amides is 1. The molecule has 33 heavy (non-hydrogen) atoms. The first-order chi connectivity index (χ1) is 15.6. The van der Waals surface area contributed by atoms with E-state index in [2.05, 4.69) is 10.3 Å². The van der Waals surface area contributed by atoms with Crippen LogP contribution in [0.25, 0.3) is 10.4 Å². The molecule has 0 saturated heterocycles. The summed E-state index contributed by atoms with van der Waals surface area (Å²) in [6, 6.07) is 6.90. The molecule has 1 amide bonds. The standard InChI is InChI=1S/C23H25F2N3O4S/c1-11(30)5-13-7-16(24)21(17(25)8-13)19-9-15(22(26)32)23(33-19)28-20-4-3-14(6-12(2)31)18(10-29)27-20/h3-4,7-9,11-12,29-31H,5-6,10H2,1-2H3,(H2,26,32)(H,27,28). The van der Waals surface area contributed by atoms with E-state index in [1.165, 1.54) is 13.0 Å². The quantitative estimate of drug-likeness (QED) is 0.322. The number of primary amides is 1. The number of benzene rings is 1. The second-order valence-corrected chi connectivity index (χ2v) is 8.90. The van der Waals surface area contributed by atoms with Crippen LogP contribution in [0.4, 0.5) is 19.6 Å². The van der Waals surface area contributed by atoms with Gasteiger partial charge in [0.15, 0.2) is 0 Å². The van der Waals surface area contributed by atoms with E-state index in [4.69, 9.17) is 5.73 Å². The van der Waals surface area contributed by atoms with Gasteiger partial charge in [0.25, 0.3) is 5.91 Å². The average molecular weight is 478 g/mol. The average Bonchev–Trinajstić information content (AvgIpc) is 3.11. The molecule has 0 fully saturated rings. The molecule has 2 aromatic heterocycles. The Hall–Kier alpha value is -2.92. The fourth-order valence-corrected chi connectivity index (χ4v) is 4.59. The first kappa shape index (κ1) is 24.7. The Morgan fingerprint density at radius 2 is 1.76 bits per heavy atom. The molecule has 0 radical (unpaired) electrons. The Bertz CT molecular complexity index is 1140. The summed E-state index contributed by atoms with van der Waals surface area (Å²) in [4.78, 5) is 16.4. The molecule has 10 heteroatoms. The Kier molecular flexibility index (Phi) is 7.75. The first-order valence-corrected chi connectivity index (χ1v) is 11.0. The summed E-state index contributed by atoms with van der Waals surface area (Å²) in [7, 11) is 0. The van der Waals surface area contributed by atoms with Crippen molar-refractivity contribution in [3.63, 3.8) is 0 Å². The maximum absolute atomic E-state index is 14.8. The molecule has 176 valence electrons. The number of nitrogens with one attached hydrogen (secondary N) is 1. The maximum Gasteiger partial charge on any atom is 0.251 e. The van der Waals surface area contributed by atoms with Crippen LogP contribution in [0.15, 0.2) is 30.3 Å². The van der Waals surface area contributed by atoms with Crippen LogP contribution in [0.1, 0.15) is 41.0 Å². The predicted molar refractivity (Wildman–Crippen MR) is 122 cm³/mol. The normalized spacial score (nSPS) is 13.1. The molecule has 3 aromatic rings. The number of rotatable bonds is 9. The van der Waals surface area contributed by atoms with Gasteiger partial charge in [-0.15, -0.1) is 11.3 Å². The number of carbonyl (C=O) groups is 1. The summed E-state index contributed by atoms with van der Waals surface area (Å²) in [5, 5.41) is 31.9. The van der Waals surface area contributed by atoms with Crippen LogP contribution in [0.5, 0.6) is 0 Å². The van der Waals surface area contributed by atoms with Crippen molar-refractivity contribution < 1.29 is 28.9 Å². The molecular weight excluding hydrogens is 452 g/mol. The zero-order chi connectivity index (χ0) is 24.3. The Morgan fingerprint density at radius 3 is 2.30 bits per heavy atom. The number of thiophene rings is 1. The summed E-state index contributed by atoms with van der Waals surface area (Å²) in [6.45, 7) is 2.78. The smallest absolute Gasteiger partial charge is 0.251 e. The van der Waals surface area contributed by atoms with Gasteiger partial charge in [-0.05, 0) is 62.1 Å². The third-order valence-electron chi connectivity index (χ3n) is 4.85. The number of pyridine rings is 1. The van der Waals surface area contributed by atoms with Crippen molar-refractivity contribution in [2.45, 2.75) is 45.5 Å². The minimum atomic E-state index is -0.822. The van der Waals surface area contributed by atoms with E-state index in [1.54, 1.807) is 19.1 Å². The van der Waals surface area contributed by atoms with Crippen molar-refractivity contribution in [2.75, 3.05) is 5.32 Å². The zero-order valence-electron chi connectivity index (χ0n) is 18.1. The largest absolute Gasteiger partial charge is 0.393 e. The lowest BCUT2D eigenvalue weighted by atomic mass is 10.0. The van der Waals surface area contributed by atoms with Gasteiger partial charge in [0.1, 0.15) is 22.5 Å². The monoisotopic (exact) mass is 477 g/mol. The number of aliphatic hydroxyl groups excluding tert-OH is 3. The molecule has 0 aliphatic carbocycles. The predicted octanol–water partition coefficient (Wildman–Crippen LogP) is 3.27. The number of anilines is 2. The highest BCUT2D eigenvalue weighted by atomic mass is 32.1. The number of nitrogens with zero attached hydrogens (tertiary/aromatic N) is 1. The fraction of sp³-hybridized carbons (Fsp3) is 0.304. The summed E-state index contributed by atoms with van der Waals surface area (Å²) in [5.74, 6) is -2.15. The molecule has 7 nitrogen and oxygen atoms in total. The third kappa shape index (κ3) is 5.91. The van der Waals surface area contributed by atoms with E-state index in [0.717, 1.165) is 23.5 Å². The molecule has 2 heterocycles. The molecule has 0 spiro atoms. The van der Waals surface area contributed by atoms with Crippen molar-refractivity contribution in [1.82, 2.24) is 4.98 Å². The van der Waals surface area contributed by atoms with Crippen LogP contribution in [0.2, 0.25) is 0 Å². The van der Waals surface area contributed by atoms with E-state index in [-0.39, 0.29) is 39.9 Å². The van der Waals surface area contributed by atoms with E-state index in [1.807, 2.05) is 0 Å². The molecule has 2 atom stereocenters. The molecule has 6 N–H and O–H groups in total. The topological polar surface area (TPSA) is 129 Å². The molecule has 0 aliphatic heterocycles. The molecule has 0 bridgehead atoms. The molecule has 1 aromatic carbocycles. The summed E-state index contributed by atoms with van der Waals surface area (Å²) in [5.41, 5.74) is 6.53. The molecule has 0 aliphatic rings. The van der Waals surface area contributed by atoms with E-state index in [0.29, 0.717) is 23.2 Å². The van der Waals surface area contributed by atoms with Crippen LogP contribution in [0.3, 0.4) is 0 Å². The van der Waals surface area contributed by atoms with Crippen molar-refractivity contribution in [3.8, 4) is 10.4 Å². The van der Waals surface area contributed by atoms with Crippen LogP contribution in [-0.2, 0) is 19.4 Å². The number of halogens is 2. The highest BCUT2D eigenvalue weighted by Gasteiger charge is 2.21. The SMILES string of the molecule is CC(O)Cc1cc(F)c(-c2cc(C(N)=O)c(Nc3ccc(CC(C)O)c(CO)n3)s2)c(F)c1. The van der Waals surface area contributed by atoms with Gasteiger partial charge in [-0.1, -0.05) is 6.07 Å². The van der Waals surface area contributed by atoms with Crippen molar-refractivity contribution in [3.05, 3.63) is 64.4 Å². The van der Waals surface area contributed by atoms with E-state index in [9.17, 15) is 28.9 Å². The first-order valence-electron chi connectivity index (χ1n) is 10.2. The third-order valence-corrected chi connectivity index (χ3v) is 5.92. The zero-order valence-corrected chi connectivity index (χ0v) is 18.9. The maximum atomic E-state index is 14.8. The summed E-state index contributed by atoms with van der Waals surface area (Å²) < 4.78 is 29.5. The van der Waals surface area contributed by atoms with Gasteiger partial charge in [-0.3, -0.25) is 4.79 Å². The Balaban J connectivity index is 1.98. The fourth-order valence-electron chi connectivity index (χ4n) is 3.47. The lowest BCUT2D eigenvalue weighted by Crippen LogP contribution is -2.12. The number of nitrogens with two attached hydrogens (primary N) is 1. The van der Waals surface area contributed by atoms with E-state index >= 15 is 0 Å². The second-order valence-electron chi connectivity index (χ2n) is 7.84. The van der Waals surface area contributed by atoms with E-state index < -0.39 is 29.7 Å². The molecule has 3 rings (SSSR count). The van der Waals surface area contributed by atoms with Gasteiger partial charge >= 0.3 is 0 Å². The van der Waals surface area contributed by atoms with Crippen LogP contribution >= 0.6 is 11.3 Å². The van der Waals surface area contributed by atoms with Crippen molar-refractivity contribution in [1.29, 1.82) is 0 Å². The van der Waals surface area contributed by atoms with Gasteiger partial charge in [0.2, 0.25) is 0 Å². The van der Waals surface area contributed by atoms with Crippen LogP contribution in [0, 0.1) is 11.6 Å².